The van der Waals surface area contributed by atoms with Crippen molar-refractivity contribution in [2.24, 2.45) is 0 Å². The minimum Gasteiger partial charge on any atom is -0.481 e. The molecular formula is C16H14Cl3NO3. The van der Waals surface area contributed by atoms with Crippen LogP contribution in [0, 0.1) is 0 Å². The van der Waals surface area contributed by atoms with E-state index in [1.54, 1.807) is 25.3 Å². The fourth-order valence-electron chi connectivity index (χ4n) is 2.31. The summed E-state index contributed by atoms with van der Waals surface area (Å²) in [4.78, 5) is 4.21. The Balaban J connectivity index is 1.80. The summed E-state index contributed by atoms with van der Waals surface area (Å²) < 4.78 is 15.0. The molecule has 0 bridgehead atoms. The Morgan fingerprint density at radius 3 is 2.52 bits per heavy atom. The molecule has 0 spiro atoms. The number of halogens is 3. The second-order valence-electron chi connectivity index (χ2n) is 5.22. The van der Waals surface area contributed by atoms with Gasteiger partial charge in [-0.05, 0) is 17.7 Å². The number of nitrogens with zero attached hydrogens (tertiary/aromatic N) is 1. The van der Waals surface area contributed by atoms with Gasteiger partial charge in [-0.15, -0.1) is 0 Å². The van der Waals surface area contributed by atoms with Gasteiger partial charge < -0.3 is 14.2 Å². The van der Waals surface area contributed by atoms with E-state index in [1.165, 1.54) is 0 Å². The van der Waals surface area contributed by atoms with Crippen LogP contribution in [0.4, 0.5) is 0 Å². The highest BCUT2D eigenvalue weighted by Gasteiger charge is 2.51. The Morgan fingerprint density at radius 1 is 1.17 bits per heavy atom. The van der Waals surface area contributed by atoms with Crippen LogP contribution in [0.25, 0.3) is 0 Å². The number of aromatic nitrogens is 1. The van der Waals surface area contributed by atoms with Gasteiger partial charge in [0, 0.05) is 18.6 Å². The number of rotatable bonds is 5. The molecule has 0 N–H and O–H groups in total. The average molecular weight is 375 g/mol. The lowest BCUT2D eigenvalue weighted by molar-refractivity contribution is 0.294. The maximum absolute atomic E-state index is 5.91. The second kappa shape index (κ2) is 6.36. The van der Waals surface area contributed by atoms with E-state index in [-0.39, 0.29) is 6.42 Å². The largest absolute Gasteiger partial charge is 0.481 e. The summed E-state index contributed by atoms with van der Waals surface area (Å²) in [7, 11) is 1.55. The van der Waals surface area contributed by atoms with Crippen molar-refractivity contribution in [2.45, 2.75) is 15.8 Å². The standard InChI is InChI=1S/C16H14Cl3NO3/c1-21-13-6-3-7-14(20-13)23-12-5-2-4-11(8-12)15(10-22-15)9-16(17,18)19/h2-8H,9-10H2,1H3. The Kier molecular flexibility index (Phi) is 4.61. The van der Waals surface area contributed by atoms with Gasteiger partial charge in [0.1, 0.15) is 11.4 Å². The molecule has 1 aliphatic heterocycles. The predicted octanol–water partition coefficient (Wildman–Crippen LogP) is 4.87. The van der Waals surface area contributed by atoms with Crippen LogP contribution in [0.2, 0.25) is 0 Å². The molecule has 1 aromatic heterocycles. The first-order valence-electron chi connectivity index (χ1n) is 6.90. The molecule has 7 heteroatoms. The average Bonchev–Trinajstić information content (AvgIpc) is 3.26. The predicted molar refractivity (Wildman–Crippen MR) is 89.8 cm³/mol. The summed E-state index contributed by atoms with van der Waals surface area (Å²) in [6.45, 7) is 0.516. The lowest BCUT2D eigenvalue weighted by atomic mass is 9.97. The molecule has 0 aliphatic carbocycles. The van der Waals surface area contributed by atoms with Crippen molar-refractivity contribution in [3.05, 3.63) is 48.0 Å². The molecule has 1 saturated heterocycles. The molecule has 1 aromatic carbocycles. The third-order valence-corrected chi connectivity index (χ3v) is 3.87. The number of pyridine rings is 1. The quantitative estimate of drug-likeness (QED) is 0.553. The van der Waals surface area contributed by atoms with E-state index >= 15 is 0 Å². The number of methoxy groups -OCH3 is 1. The molecule has 2 aromatic rings. The maximum Gasteiger partial charge on any atom is 0.222 e. The van der Waals surface area contributed by atoms with Gasteiger partial charge in [-0.1, -0.05) is 53.0 Å². The SMILES string of the molecule is COc1cccc(Oc2cccc(C3(CC(Cl)(Cl)Cl)CO3)c2)n1. The van der Waals surface area contributed by atoms with Crippen molar-refractivity contribution < 1.29 is 14.2 Å². The summed E-state index contributed by atoms with van der Waals surface area (Å²) in [5, 5.41) is 0. The highest BCUT2D eigenvalue weighted by atomic mass is 35.6. The zero-order valence-electron chi connectivity index (χ0n) is 12.3. The molecule has 2 heterocycles. The first-order valence-corrected chi connectivity index (χ1v) is 8.04. The van der Waals surface area contributed by atoms with Crippen LogP contribution in [0.3, 0.4) is 0 Å². The number of ether oxygens (including phenoxy) is 3. The fraction of sp³-hybridized carbons (Fsp3) is 0.312. The number of benzene rings is 1. The lowest BCUT2D eigenvalue weighted by Gasteiger charge is -2.18. The van der Waals surface area contributed by atoms with Crippen LogP contribution in [0.5, 0.6) is 17.5 Å². The molecule has 0 amide bonds. The Hall–Kier alpha value is -1.20. The summed E-state index contributed by atoms with van der Waals surface area (Å²) >= 11 is 17.7. The number of alkyl halides is 3. The van der Waals surface area contributed by atoms with E-state index in [1.807, 2.05) is 24.3 Å². The summed E-state index contributed by atoms with van der Waals surface area (Å²) in [5.41, 5.74) is 0.344. The topological polar surface area (TPSA) is 43.9 Å². The molecule has 0 saturated carbocycles. The first-order chi connectivity index (χ1) is 10.9. The Bertz CT molecular complexity index is 699. The van der Waals surface area contributed by atoms with E-state index in [0.29, 0.717) is 24.1 Å². The van der Waals surface area contributed by atoms with Gasteiger partial charge in [0.05, 0.1) is 13.7 Å². The third kappa shape index (κ3) is 4.21. The maximum atomic E-state index is 5.91. The smallest absolute Gasteiger partial charge is 0.222 e. The van der Waals surface area contributed by atoms with E-state index in [0.717, 1.165) is 5.56 Å². The van der Waals surface area contributed by atoms with Crippen LogP contribution in [-0.4, -0.2) is 22.5 Å². The number of epoxide rings is 1. The van der Waals surface area contributed by atoms with Gasteiger partial charge in [0.2, 0.25) is 11.8 Å². The van der Waals surface area contributed by atoms with Crippen LogP contribution in [0.15, 0.2) is 42.5 Å². The second-order valence-corrected chi connectivity index (χ2v) is 7.74. The van der Waals surface area contributed by atoms with Gasteiger partial charge >= 0.3 is 0 Å². The third-order valence-electron chi connectivity index (χ3n) is 3.47. The molecular weight excluding hydrogens is 361 g/mol. The number of hydrogen-bond acceptors (Lipinski definition) is 4. The van der Waals surface area contributed by atoms with E-state index in [9.17, 15) is 0 Å². The molecule has 3 rings (SSSR count). The van der Waals surface area contributed by atoms with E-state index in [4.69, 9.17) is 49.0 Å². The van der Waals surface area contributed by atoms with Crippen LogP contribution in [-0.2, 0) is 10.3 Å². The lowest BCUT2D eigenvalue weighted by Crippen LogP contribution is -2.18. The summed E-state index contributed by atoms with van der Waals surface area (Å²) in [6.07, 6.45) is 0.283. The van der Waals surface area contributed by atoms with E-state index < -0.39 is 9.39 Å². The van der Waals surface area contributed by atoms with Crippen molar-refractivity contribution in [3.63, 3.8) is 0 Å². The highest BCUT2D eigenvalue weighted by molar-refractivity contribution is 6.67. The molecule has 1 atom stereocenters. The van der Waals surface area contributed by atoms with Crippen molar-refractivity contribution in [3.8, 4) is 17.5 Å². The van der Waals surface area contributed by atoms with Crippen LogP contribution < -0.4 is 9.47 Å². The van der Waals surface area contributed by atoms with Crippen LogP contribution in [0.1, 0.15) is 12.0 Å². The summed E-state index contributed by atoms with van der Waals surface area (Å²) in [6, 6.07) is 12.8. The van der Waals surface area contributed by atoms with Crippen molar-refractivity contribution in [1.82, 2.24) is 4.98 Å². The van der Waals surface area contributed by atoms with Gasteiger partial charge in [0.15, 0.2) is 3.79 Å². The minimum absolute atomic E-state index is 0.283. The summed E-state index contributed by atoms with van der Waals surface area (Å²) in [5.74, 6) is 1.55. The van der Waals surface area contributed by atoms with Crippen molar-refractivity contribution in [1.29, 1.82) is 0 Å². The van der Waals surface area contributed by atoms with Crippen molar-refractivity contribution >= 4 is 34.8 Å². The molecule has 1 aliphatic rings. The molecule has 1 fully saturated rings. The van der Waals surface area contributed by atoms with Crippen molar-refractivity contribution in [2.75, 3.05) is 13.7 Å². The Labute approximate surface area is 149 Å². The highest BCUT2D eigenvalue weighted by Crippen LogP contribution is 2.50. The zero-order valence-corrected chi connectivity index (χ0v) is 14.5. The molecule has 23 heavy (non-hydrogen) atoms. The zero-order chi connectivity index (χ0) is 16.5. The van der Waals surface area contributed by atoms with Crippen LogP contribution >= 0.6 is 34.8 Å². The van der Waals surface area contributed by atoms with E-state index in [2.05, 4.69) is 4.98 Å². The molecule has 122 valence electrons. The molecule has 1 unspecified atom stereocenters. The normalized spacial score (nSPS) is 20.2. The minimum atomic E-state index is -1.37. The molecule has 4 nitrogen and oxygen atoms in total. The Morgan fingerprint density at radius 2 is 1.87 bits per heavy atom. The number of hydrogen-bond donors (Lipinski definition) is 0. The fourth-order valence-corrected chi connectivity index (χ4v) is 2.96. The van der Waals surface area contributed by atoms with Gasteiger partial charge in [-0.25, -0.2) is 0 Å². The molecule has 0 radical (unpaired) electrons. The first kappa shape index (κ1) is 16.7. The monoisotopic (exact) mass is 373 g/mol. The van der Waals surface area contributed by atoms with Gasteiger partial charge in [-0.3, -0.25) is 0 Å². The van der Waals surface area contributed by atoms with Gasteiger partial charge in [0.25, 0.3) is 0 Å². The van der Waals surface area contributed by atoms with Gasteiger partial charge in [-0.2, -0.15) is 4.98 Å².